The minimum absolute atomic E-state index is 0.246. The zero-order valence-corrected chi connectivity index (χ0v) is 14.5. The van der Waals surface area contributed by atoms with E-state index in [1.54, 1.807) is 0 Å². The number of piperidine rings is 1. The normalized spacial score (nSPS) is 18.1. The van der Waals surface area contributed by atoms with Crippen molar-refractivity contribution in [3.05, 3.63) is 34.9 Å². The second-order valence-corrected chi connectivity index (χ2v) is 7.85. The van der Waals surface area contributed by atoms with Gasteiger partial charge in [0.1, 0.15) is 0 Å². The van der Waals surface area contributed by atoms with E-state index in [1.165, 1.54) is 49.2 Å². The van der Waals surface area contributed by atoms with Crippen molar-refractivity contribution in [2.45, 2.75) is 59.5 Å². The van der Waals surface area contributed by atoms with E-state index in [2.05, 4.69) is 63.0 Å². The van der Waals surface area contributed by atoms with Gasteiger partial charge in [-0.1, -0.05) is 29.3 Å². The Morgan fingerprint density at radius 1 is 1.05 bits per heavy atom. The van der Waals surface area contributed by atoms with Crippen molar-refractivity contribution in [3.8, 4) is 0 Å². The third-order valence-electron chi connectivity index (χ3n) is 4.32. The fraction of sp³-hybridized carbons (Fsp3) is 0.684. The summed E-state index contributed by atoms with van der Waals surface area (Å²) in [6.07, 6.45) is 2.65. The van der Waals surface area contributed by atoms with Crippen LogP contribution in [0.1, 0.15) is 50.3 Å². The molecule has 0 aromatic heterocycles. The Morgan fingerprint density at radius 2 is 1.62 bits per heavy atom. The van der Waals surface area contributed by atoms with Crippen molar-refractivity contribution >= 4 is 0 Å². The van der Waals surface area contributed by atoms with E-state index in [0.717, 1.165) is 12.5 Å². The summed E-state index contributed by atoms with van der Waals surface area (Å²) in [5, 5.41) is 3.65. The van der Waals surface area contributed by atoms with Crippen LogP contribution in [0.5, 0.6) is 0 Å². The lowest BCUT2D eigenvalue weighted by Gasteiger charge is -2.34. The summed E-state index contributed by atoms with van der Waals surface area (Å²) in [7, 11) is 0. The Balaban J connectivity index is 1.79. The summed E-state index contributed by atoms with van der Waals surface area (Å²) in [6, 6.07) is 6.92. The molecule has 1 aliphatic heterocycles. The first-order valence-corrected chi connectivity index (χ1v) is 8.36. The molecule has 0 amide bonds. The van der Waals surface area contributed by atoms with E-state index < -0.39 is 0 Å². The van der Waals surface area contributed by atoms with Gasteiger partial charge in [0.25, 0.3) is 0 Å². The van der Waals surface area contributed by atoms with Gasteiger partial charge >= 0.3 is 0 Å². The van der Waals surface area contributed by atoms with E-state index >= 15 is 0 Å². The van der Waals surface area contributed by atoms with Crippen molar-refractivity contribution in [1.29, 1.82) is 0 Å². The Labute approximate surface area is 130 Å². The van der Waals surface area contributed by atoms with Crippen molar-refractivity contribution in [1.82, 2.24) is 10.2 Å². The van der Waals surface area contributed by atoms with Crippen molar-refractivity contribution in [2.24, 2.45) is 5.92 Å². The highest BCUT2D eigenvalue weighted by atomic mass is 15.1. The van der Waals surface area contributed by atoms with Gasteiger partial charge in [-0.25, -0.2) is 0 Å². The molecule has 1 heterocycles. The summed E-state index contributed by atoms with van der Waals surface area (Å²) in [6.45, 7) is 15.9. The van der Waals surface area contributed by atoms with Crippen LogP contribution in [0.3, 0.4) is 0 Å². The molecular formula is C19H32N2. The zero-order valence-electron chi connectivity index (χ0n) is 14.5. The Morgan fingerprint density at radius 3 is 2.14 bits per heavy atom. The van der Waals surface area contributed by atoms with Gasteiger partial charge < -0.3 is 5.32 Å². The minimum atomic E-state index is 0.246. The first kappa shape index (κ1) is 16.5. The molecule has 0 saturated carbocycles. The first-order valence-electron chi connectivity index (χ1n) is 8.36. The molecule has 0 aliphatic carbocycles. The van der Waals surface area contributed by atoms with Crippen LogP contribution in [0.4, 0.5) is 0 Å². The molecule has 2 nitrogen and oxygen atoms in total. The maximum atomic E-state index is 3.65. The van der Waals surface area contributed by atoms with Gasteiger partial charge in [0.05, 0.1) is 0 Å². The number of rotatable bonds is 4. The fourth-order valence-electron chi connectivity index (χ4n) is 3.22. The molecule has 1 aromatic rings. The number of hydrogen-bond donors (Lipinski definition) is 1. The third-order valence-corrected chi connectivity index (χ3v) is 4.32. The minimum Gasteiger partial charge on any atom is -0.312 e. The molecule has 21 heavy (non-hydrogen) atoms. The predicted molar refractivity (Wildman–Crippen MR) is 91.7 cm³/mol. The van der Waals surface area contributed by atoms with Crippen LogP contribution in [0, 0.1) is 19.8 Å². The second-order valence-electron chi connectivity index (χ2n) is 7.85. The van der Waals surface area contributed by atoms with E-state index in [0.29, 0.717) is 0 Å². The summed E-state index contributed by atoms with van der Waals surface area (Å²) < 4.78 is 0. The lowest BCUT2D eigenvalue weighted by molar-refractivity contribution is 0.170. The standard InChI is InChI=1S/C19H32N2/c1-15-10-16(2)12-18(11-15)14-21-8-6-17(7-9-21)13-20-19(3,4)5/h10-12,17,20H,6-9,13-14H2,1-5H3. The smallest absolute Gasteiger partial charge is 0.0233 e. The van der Waals surface area contributed by atoms with Crippen LogP contribution in [0.25, 0.3) is 0 Å². The topological polar surface area (TPSA) is 15.3 Å². The molecular weight excluding hydrogens is 256 g/mol. The second kappa shape index (κ2) is 6.93. The van der Waals surface area contributed by atoms with E-state index in [-0.39, 0.29) is 5.54 Å². The number of likely N-dealkylation sites (tertiary alicyclic amines) is 1. The number of aryl methyl sites for hydroxylation is 2. The van der Waals surface area contributed by atoms with Gasteiger partial charge in [0.2, 0.25) is 0 Å². The summed E-state index contributed by atoms with van der Waals surface area (Å²) in [4.78, 5) is 2.61. The molecule has 0 unspecified atom stereocenters. The summed E-state index contributed by atoms with van der Waals surface area (Å²) in [5.41, 5.74) is 4.48. The van der Waals surface area contributed by atoms with E-state index in [4.69, 9.17) is 0 Å². The third kappa shape index (κ3) is 5.80. The highest BCUT2D eigenvalue weighted by Crippen LogP contribution is 2.20. The van der Waals surface area contributed by atoms with Gasteiger partial charge in [0, 0.05) is 12.1 Å². The van der Waals surface area contributed by atoms with Crippen molar-refractivity contribution in [2.75, 3.05) is 19.6 Å². The van der Waals surface area contributed by atoms with Crippen LogP contribution in [-0.2, 0) is 6.54 Å². The first-order chi connectivity index (χ1) is 9.82. The van der Waals surface area contributed by atoms with Crippen LogP contribution in [0.2, 0.25) is 0 Å². The van der Waals surface area contributed by atoms with Gasteiger partial charge in [-0.3, -0.25) is 4.90 Å². The predicted octanol–water partition coefficient (Wildman–Crippen LogP) is 3.90. The molecule has 0 atom stereocenters. The van der Waals surface area contributed by atoms with E-state index in [9.17, 15) is 0 Å². The lowest BCUT2D eigenvalue weighted by Crippen LogP contribution is -2.42. The van der Waals surface area contributed by atoms with Crippen LogP contribution < -0.4 is 5.32 Å². The van der Waals surface area contributed by atoms with Crippen molar-refractivity contribution in [3.63, 3.8) is 0 Å². The highest BCUT2D eigenvalue weighted by Gasteiger charge is 2.20. The molecule has 0 spiro atoms. The average molecular weight is 288 g/mol. The monoisotopic (exact) mass is 288 g/mol. The van der Waals surface area contributed by atoms with Gasteiger partial charge in [-0.15, -0.1) is 0 Å². The van der Waals surface area contributed by atoms with Crippen molar-refractivity contribution < 1.29 is 0 Å². The number of nitrogens with zero attached hydrogens (tertiary/aromatic N) is 1. The molecule has 2 rings (SSSR count). The molecule has 1 aromatic carbocycles. The molecule has 1 N–H and O–H groups in total. The van der Waals surface area contributed by atoms with Crippen LogP contribution in [0.15, 0.2) is 18.2 Å². The number of hydrogen-bond acceptors (Lipinski definition) is 2. The Bertz CT molecular complexity index is 431. The summed E-state index contributed by atoms with van der Waals surface area (Å²) >= 11 is 0. The van der Waals surface area contributed by atoms with Gasteiger partial charge in [0.15, 0.2) is 0 Å². The molecule has 0 radical (unpaired) electrons. The quantitative estimate of drug-likeness (QED) is 0.904. The van der Waals surface area contributed by atoms with Gasteiger partial charge in [-0.05, 0) is 78.6 Å². The fourth-order valence-corrected chi connectivity index (χ4v) is 3.22. The van der Waals surface area contributed by atoms with Gasteiger partial charge in [-0.2, -0.15) is 0 Å². The molecule has 118 valence electrons. The molecule has 1 fully saturated rings. The molecule has 0 bridgehead atoms. The Hall–Kier alpha value is -0.860. The van der Waals surface area contributed by atoms with Crippen LogP contribution >= 0.6 is 0 Å². The molecule has 1 aliphatic rings. The molecule has 1 saturated heterocycles. The Kier molecular flexibility index (Phi) is 5.45. The lowest BCUT2D eigenvalue weighted by atomic mass is 9.95. The largest absolute Gasteiger partial charge is 0.312 e. The SMILES string of the molecule is Cc1cc(C)cc(CN2CCC(CNC(C)(C)C)CC2)c1. The highest BCUT2D eigenvalue weighted by molar-refractivity contribution is 5.28. The average Bonchev–Trinajstić information content (AvgIpc) is 2.36. The van der Waals surface area contributed by atoms with Crippen LogP contribution in [-0.4, -0.2) is 30.1 Å². The maximum absolute atomic E-state index is 3.65. The number of benzene rings is 1. The van der Waals surface area contributed by atoms with E-state index in [1.807, 2.05) is 0 Å². The number of nitrogens with one attached hydrogen (secondary N) is 1. The maximum Gasteiger partial charge on any atom is 0.0233 e. The summed E-state index contributed by atoms with van der Waals surface area (Å²) in [5.74, 6) is 0.847. The zero-order chi connectivity index (χ0) is 15.5. The molecule has 2 heteroatoms.